The molecule has 1 spiro atoms. The Balaban J connectivity index is 1.83. The minimum absolute atomic E-state index is 0.0316. The second kappa shape index (κ2) is 3.70. The number of likely N-dealkylation sites (tertiary alicyclic amines) is 1. The van der Waals surface area contributed by atoms with Crippen LogP contribution >= 0.6 is 0 Å². The lowest BCUT2D eigenvalue weighted by atomic mass is 9.49. The fraction of sp³-hybridized carbons (Fsp3) is 0.611. The second-order valence-corrected chi connectivity index (χ2v) is 7.50. The molecule has 1 aromatic carbocycles. The topological polar surface area (TPSA) is 29.5 Å². The highest BCUT2D eigenvalue weighted by Gasteiger charge is 2.66. The number of rotatable bonds is 0. The number of piperidine rings is 1. The van der Waals surface area contributed by atoms with Crippen molar-refractivity contribution < 1.29 is 9.53 Å². The fourth-order valence-electron chi connectivity index (χ4n) is 5.94. The molecule has 3 nitrogen and oxygen atoms in total. The van der Waals surface area contributed by atoms with Crippen LogP contribution in [0.5, 0.6) is 5.75 Å². The van der Waals surface area contributed by atoms with Crippen LogP contribution in [0.4, 0.5) is 0 Å². The number of likely N-dealkylation sites (N-methyl/N-ethyl adjacent to an activating group) is 1. The molecule has 0 aromatic heterocycles. The van der Waals surface area contributed by atoms with Crippen molar-refractivity contribution in [3.8, 4) is 5.75 Å². The van der Waals surface area contributed by atoms with Crippen LogP contribution < -0.4 is 4.74 Å². The van der Waals surface area contributed by atoms with Crippen LogP contribution in [0.15, 0.2) is 18.2 Å². The van der Waals surface area contributed by atoms with Gasteiger partial charge in [-0.05, 0) is 49.9 Å². The summed E-state index contributed by atoms with van der Waals surface area (Å²) >= 11 is 0. The van der Waals surface area contributed by atoms with Gasteiger partial charge in [-0.2, -0.15) is 0 Å². The maximum absolute atomic E-state index is 12.7. The molecule has 2 bridgehead atoms. The van der Waals surface area contributed by atoms with Crippen LogP contribution in [-0.4, -0.2) is 36.4 Å². The van der Waals surface area contributed by atoms with E-state index in [9.17, 15) is 4.79 Å². The van der Waals surface area contributed by atoms with Gasteiger partial charge in [-0.1, -0.05) is 19.1 Å². The molecule has 3 heteroatoms. The summed E-state index contributed by atoms with van der Waals surface area (Å²) in [6.07, 6.45) is 2.65. The van der Waals surface area contributed by atoms with Gasteiger partial charge in [0.25, 0.3) is 0 Å². The Bertz CT molecular complexity index is 655. The molecule has 1 aromatic rings. The van der Waals surface area contributed by atoms with E-state index in [2.05, 4.69) is 37.1 Å². The maximum Gasteiger partial charge on any atom is 0.174 e. The summed E-state index contributed by atoms with van der Waals surface area (Å²) in [6.45, 7) is 3.35. The lowest BCUT2D eigenvalue weighted by Crippen LogP contribution is -2.67. The lowest BCUT2D eigenvalue weighted by molar-refractivity contribution is -0.143. The molecule has 110 valence electrons. The normalized spacial score (nSPS) is 43.4. The molecule has 2 fully saturated rings. The van der Waals surface area contributed by atoms with Gasteiger partial charge in [0.05, 0.1) is 0 Å². The first kappa shape index (κ1) is 12.2. The Hall–Kier alpha value is -1.35. The predicted molar refractivity (Wildman–Crippen MR) is 79.6 cm³/mol. The van der Waals surface area contributed by atoms with Crippen molar-refractivity contribution in [1.29, 1.82) is 0 Å². The molecule has 4 aliphatic rings. The first-order valence-electron chi connectivity index (χ1n) is 8.15. The molecule has 21 heavy (non-hydrogen) atoms. The molecule has 0 N–H and O–H groups in total. The van der Waals surface area contributed by atoms with Crippen molar-refractivity contribution in [2.24, 2.45) is 11.8 Å². The number of nitrogens with zero attached hydrogens (tertiary/aromatic N) is 1. The number of ketones is 1. The van der Waals surface area contributed by atoms with Crippen LogP contribution in [-0.2, 0) is 16.6 Å². The van der Waals surface area contributed by atoms with E-state index in [-0.39, 0.29) is 11.5 Å². The van der Waals surface area contributed by atoms with Crippen LogP contribution in [0.25, 0.3) is 0 Å². The molecule has 2 aliphatic heterocycles. The molecule has 2 aliphatic carbocycles. The third kappa shape index (κ3) is 1.24. The molecule has 1 saturated carbocycles. The van der Waals surface area contributed by atoms with Gasteiger partial charge >= 0.3 is 0 Å². The molecule has 5 atom stereocenters. The Morgan fingerprint density at radius 1 is 1.33 bits per heavy atom. The Morgan fingerprint density at radius 3 is 3.05 bits per heavy atom. The number of ether oxygens (including phenoxy) is 1. The maximum atomic E-state index is 12.7. The van der Waals surface area contributed by atoms with E-state index in [1.54, 1.807) is 0 Å². The monoisotopic (exact) mass is 283 g/mol. The minimum Gasteiger partial charge on any atom is -0.481 e. The molecular formula is C18H21NO2. The van der Waals surface area contributed by atoms with E-state index in [1.807, 2.05) is 0 Å². The summed E-state index contributed by atoms with van der Waals surface area (Å²) < 4.78 is 6.21. The highest BCUT2D eigenvalue weighted by molar-refractivity contribution is 5.89. The van der Waals surface area contributed by atoms with Crippen molar-refractivity contribution in [3.63, 3.8) is 0 Å². The zero-order valence-corrected chi connectivity index (χ0v) is 12.6. The predicted octanol–water partition coefficient (Wildman–Crippen LogP) is 2.17. The van der Waals surface area contributed by atoms with Crippen molar-refractivity contribution in [1.82, 2.24) is 4.90 Å². The van der Waals surface area contributed by atoms with Gasteiger partial charge < -0.3 is 9.64 Å². The summed E-state index contributed by atoms with van der Waals surface area (Å²) in [7, 11) is 2.25. The van der Waals surface area contributed by atoms with Gasteiger partial charge in [0.1, 0.15) is 5.75 Å². The summed E-state index contributed by atoms with van der Waals surface area (Å²) in [6, 6.07) is 6.97. The third-order valence-electron chi connectivity index (χ3n) is 6.60. The average Bonchev–Trinajstić information content (AvgIpc) is 2.80. The molecular weight excluding hydrogens is 262 g/mol. The number of hydrogen-bond acceptors (Lipinski definition) is 3. The van der Waals surface area contributed by atoms with Gasteiger partial charge in [-0.25, -0.2) is 0 Å². The number of benzene rings is 1. The van der Waals surface area contributed by atoms with Crippen molar-refractivity contribution in [3.05, 3.63) is 29.3 Å². The smallest absolute Gasteiger partial charge is 0.174 e. The highest BCUT2D eigenvalue weighted by Crippen LogP contribution is 2.62. The van der Waals surface area contributed by atoms with Gasteiger partial charge in [0.2, 0.25) is 0 Å². The quantitative estimate of drug-likeness (QED) is 0.731. The number of carbonyl (C=O) groups is 1. The van der Waals surface area contributed by atoms with Gasteiger partial charge in [0, 0.05) is 23.4 Å². The third-order valence-corrected chi connectivity index (χ3v) is 6.60. The van der Waals surface area contributed by atoms with E-state index < -0.39 is 0 Å². The fourth-order valence-corrected chi connectivity index (χ4v) is 5.94. The zero-order valence-electron chi connectivity index (χ0n) is 12.6. The standard InChI is InChI=1S/C18H21NO2/c1-10-8-13(20)17-18-6-7-19(2)12(15(10)18)9-11-4-3-5-14(21-17)16(11)18/h3-5,10,12,15,17H,6-9H2,1-2H3/t10?,12-,15+,17?,18+/m1/s1. The Labute approximate surface area is 125 Å². The van der Waals surface area contributed by atoms with E-state index in [0.29, 0.717) is 30.1 Å². The Kier molecular flexibility index (Phi) is 2.15. The summed E-state index contributed by atoms with van der Waals surface area (Å²) in [5.74, 6) is 2.35. The molecule has 0 radical (unpaired) electrons. The van der Waals surface area contributed by atoms with Crippen molar-refractivity contribution in [2.75, 3.05) is 13.6 Å². The van der Waals surface area contributed by atoms with Gasteiger partial charge in [-0.3, -0.25) is 4.79 Å². The van der Waals surface area contributed by atoms with Crippen LogP contribution in [0.2, 0.25) is 0 Å². The van der Waals surface area contributed by atoms with E-state index in [0.717, 1.165) is 25.1 Å². The van der Waals surface area contributed by atoms with Gasteiger partial charge in [-0.15, -0.1) is 0 Å². The van der Waals surface area contributed by atoms with E-state index >= 15 is 0 Å². The molecule has 2 heterocycles. The van der Waals surface area contributed by atoms with Gasteiger partial charge in [0.15, 0.2) is 11.9 Å². The van der Waals surface area contributed by atoms with E-state index in [1.165, 1.54) is 11.1 Å². The largest absolute Gasteiger partial charge is 0.481 e. The summed E-state index contributed by atoms with van der Waals surface area (Å²) in [5, 5.41) is 0. The molecule has 5 rings (SSSR count). The van der Waals surface area contributed by atoms with Crippen LogP contribution in [0, 0.1) is 11.8 Å². The molecule has 0 amide bonds. The summed E-state index contributed by atoms with van der Waals surface area (Å²) in [4.78, 5) is 15.2. The van der Waals surface area contributed by atoms with E-state index in [4.69, 9.17) is 4.74 Å². The van der Waals surface area contributed by atoms with Crippen molar-refractivity contribution in [2.45, 2.75) is 43.7 Å². The van der Waals surface area contributed by atoms with Crippen LogP contribution in [0.3, 0.4) is 0 Å². The first-order valence-corrected chi connectivity index (χ1v) is 8.15. The summed E-state index contributed by atoms with van der Waals surface area (Å²) in [5.41, 5.74) is 2.78. The van der Waals surface area contributed by atoms with Crippen LogP contribution in [0.1, 0.15) is 30.9 Å². The minimum atomic E-state index is -0.216. The second-order valence-electron chi connectivity index (χ2n) is 7.50. The highest BCUT2D eigenvalue weighted by atomic mass is 16.5. The van der Waals surface area contributed by atoms with Crippen molar-refractivity contribution >= 4 is 5.78 Å². The number of hydrogen-bond donors (Lipinski definition) is 0. The first-order chi connectivity index (χ1) is 10.1. The Morgan fingerprint density at radius 2 is 2.19 bits per heavy atom. The molecule has 2 unspecified atom stereocenters. The SMILES string of the molecule is CC1CC(=O)C2Oc3cccc4c3[C@@]23CCN(C)[C@H](C4)[C@H]13. The molecule has 1 saturated heterocycles. The average molecular weight is 283 g/mol. The number of Topliss-reactive ketones (excluding diaryl/α,β-unsaturated/α-hetero) is 1. The lowest BCUT2D eigenvalue weighted by Gasteiger charge is -2.59. The zero-order chi connectivity index (χ0) is 14.4. The number of carbonyl (C=O) groups excluding carboxylic acids is 1.